The van der Waals surface area contributed by atoms with Crippen LogP contribution in [0, 0.1) is 0 Å². The molecule has 4 rings (SSSR count). The molecule has 6 nitrogen and oxygen atoms in total. The summed E-state index contributed by atoms with van der Waals surface area (Å²) in [5.74, 6) is 1.16. The second-order valence-corrected chi connectivity index (χ2v) is 8.64. The monoisotopic (exact) mass is 403 g/mol. The van der Waals surface area contributed by atoms with E-state index in [1.54, 1.807) is 23.1 Å². The molecule has 142 valence electrons. The first-order valence-corrected chi connectivity index (χ1v) is 10.9. The topological polar surface area (TPSA) is 75.0 Å². The smallest absolute Gasteiger partial charge is 0.407 e. The molecule has 1 saturated heterocycles. The van der Waals surface area contributed by atoms with E-state index in [0.29, 0.717) is 19.0 Å². The quantitative estimate of drug-likeness (QED) is 0.800. The molecule has 3 heterocycles. The Kier molecular flexibility index (Phi) is 5.63. The van der Waals surface area contributed by atoms with Crippen LogP contribution >= 0.6 is 23.1 Å². The molecular weight excluding hydrogens is 382 g/mol. The Labute approximate surface area is 166 Å². The minimum absolute atomic E-state index is 0.0131. The Morgan fingerprint density at radius 3 is 2.81 bits per heavy atom. The molecule has 0 bridgehead atoms. The Balaban J connectivity index is 1.26. The highest BCUT2D eigenvalue weighted by atomic mass is 32.2. The van der Waals surface area contributed by atoms with Crippen molar-refractivity contribution in [3.8, 4) is 0 Å². The van der Waals surface area contributed by atoms with Crippen molar-refractivity contribution in [1.29, 1.82) is 0 Å². The molecule has 2 aliphatic heterocycles. The van der Waals surface area contributed by atoms with Crippen molar-refractivity contribution in [2.45, 2.75) is 37.0 Å². The molecule has 0 radical (unpaired) electrons. The minimum atomic E-state index is -0.821. The maximum absolute atomic E-state index is 11.0. The molecule has 8 heteroatoms. The van der Waals surface area contributed by atoms with Gasteiger partial charge in [-0.25, -0.2) is 9.78 Å². The van der Waals surface area contributed by atoms with Crippen LogP contribution in [-0.4, -0.2) is 39.2 Å². The van der Waals surface area contributed by atoms with Crippen molar-refractivity contribution < 1.29 is 14.7 Å². The molecule has 0 aliphatic carbocycles. The number of oxime groups is 1. The average Bonchev–Trinajstić information content (AvgIpc) is 3.37. The number of benzene rings is 1. The van der Waals surface area contributed by atoms with Gasteiger partial charge in [-0.15, -0.1) is 23.1 Å². The third kappa shape index (κ3) is 4.44. The Bertz CT molecular complexity index is 817. The summed E-state index contributed by atoms with van der Waals surface area (Å²) < 4.78 is 0. The zero-order valence-corrected chi connectivity index (χ0v) is 16.4. The summed E-state index contributed by atoms with van der Waals surface area (Å²) in [6, 6.07) is 10.2. The van der Waals surface area contributed by atoms with Gasteiger partial charge in [0.25, 0.3) is 0 Å². The number of amides is 1. The first kappa shape index (κ1) is 18.3. The summed E-state index contributed by atoms with van der Waals surface area (Å²) in [7, 11) is 0. The molecular formula is C19H21N3O3S2. The number of thioether (sulfide) groups is 1. The van der Waals surface area contributed by atoms with Gasteiger partial charge in [-0.05, 0) is 18.4 Å². The Morgan fingerprint density at radius 1 is 1.30 bits per heavy atom. The van der Waals surface area contributed by atoms with Crippen molar-refractivity contribution in [1.82, 2.24) is 9.88 Å². The van der Waals surface area contributed by atoms with Gasteiger partial charge in [-0.2, -0.15) is 0 Å². The maximum atomic E-state index is 11.0. The first-order chi connectivity index (χ1) is 13.2. The molecule has 1 fully saturated rings. The molecule has 1 amide bonds. The second kappa shape index (κ2) is 8.31. The van der Waals surface area contributed by atoms with Crippen molar-refractivity contribution in [2.24, 2.45) is 5.16 Å². The molecule has 1 atom stereocenters. The van der Waals surface area contributed by atoms with E-state index in [1.165, 1.54) is 4.90 Å². The van der Waals surface area contributed by atoms with Crippen LogP contribution in [0.1, 0.15) is 47.5 Å². The van der Waals surface area contributed by atoms with Crippen LogP contribution in [0.2, 0.25) is 0 Å². The Morgan fingerprint density at radius 2 is 2.07 bits per heavy atom. The number of hydrogen-bond donors (Lipinski definition) is 1. The SMILES string of the molecule is O=C(O)N1CCC(c2nc(CSC3=NOC(c4ccccc4)C3)cs2)CC1. The largest absolute Gasteiger partial charge is 0.465 e. The fourth-order valence-electron chi connectivity index (χ4n) is 3.34. The van der Waals surface area contributed by atoms with Gasteiger partial charge in [0.2, 0.25) is 0 Å². The third-order valence-electron chi connectivity index (χ3n) is 4.88. The van der Waals surface area contributed by atoms with Crippen molar-refractivity contribution in [3.63, 3.8) is 0 Å². The van der Waals surface area contributed by atoms with Crippen LogP contribution < -0.4 is 0 Å². The van der Waals surface area contributed by atoms with E-state index in [9.17, 15) is 4.79 Å². The number of aromatic nitrogens is 1. The zero-order valence-electron chi connectivity index (χ0n) is 14.8. The average molecular weight is 404 g/mol. The highest BCUT2D eigenvalue weighted by Gasteiger charge is 2.26. The fourth-order valence-corrected chi connectivity index (χ4v) is 5.26. The van der Waals surface area contributed by atoms with Gasteiger partial charge >= 0.3 is 6.09 Å². The van der Waals surface area contributed by atoms with Crippen molar-refractivity contribution >= 4 is 34.2 Å². The number of hydrogen-bond acceptors (Lipinski definition) is 6. The van der Waals surface area contributed by atoms with E-state index < -0.39 is 6.09 Å². The summed E-state index contributed by atoms with van der Waals surface area (Å²) in [6.45, 7) is 1.19. The number of thiazole rings is 1. The van der Waals surface area contributed by atoms with E-state index in [-0.39, 0.29) is 6.10 Å². The lowest BCUT2D eigenvalue weighted by Gasteiger charge is -2.28. The van der Waals surface area contributed by atoms with Crippen LogP contribution in [0.25, 0.3) is 0 Å². The van der Waals surface area contributed by atoms with Crippen LogP contribution in [0.4, 0.5) is 4.79 Å². The molecule has 1 unspecified atom stereocenters. The predicted octanol–water partition coefficient (Wildman–Crippen LogP) is 4.71. The summed E-state index contributed by atoms with van der Waals surface area (Å²) in [5, 5.41) is 17.5. The maximum Gasteiger partial charge on any atom is 0.407 e. The molecule has 0 spiro atoms. The number of piperidine rings is 1. The lowest BCUT2D eigenvalue weighted by atomic mass is 9.98. The van der Waals surface area contributed by atoms with Crippen molar-refractivity contribution in [2.75, 3.05) is 13.1 Å². The van der Waals surface area contributed by atoms with Gasteiger partial charge in [0.1, 0.15) is 5.04 Å². The normalized spacial score (nSPS) is 20.4. The highest BCUT2D eigenvalue weighted by Crippen LogP contribution is 2.34. The van der Waals surface area contributed by atoms with Crippen molar-refractivity contribution in [3.05, 3.63) is 52.0 Å². The molecule has 1 aromatic heterocycles. The molecule has 27 heavy (non-hydrogen) atoms. The van der Waals surface area contributed by atoms with Gasteiger partial charge in [0.05, 0.1) is 10.7 Å². The van der Waals surface area contributed by atoms with E-state index in [1.807, 2.05) is 18.2 Å². The fraction of sp³-hybridized carbons (Fsp3) is 0.421. The number of rotatable bonds is 4. The van der Waals surface area contributed by atoms with Crippen LogP contribution in [0.5, 0.6) is 0 Å². The third-order valence-corrected chi connectivity index (χ3v) is 6.95. The zero-order chi connectivity index (χ0) is 18.6. The number of likely N-dealkylation sites (tertiary alicyclic amines) is 1. The lowest BCUT2D eigenvalue weighted by molar-refractivity contribution is 0.0858. The standard InChI is InChI=1S/C19H21N3O3S2/c23-19(24)22-8-6-14(7-9-22)18-20-15(12-27-18)11-26-17-10-16(25-21-17)13-4-2-1-3-5-13/h1-5,12,14,16H,6-11H2,(H,23,24). The van der Waals surface area contributed by atoms with Crippen LogP contribution in [-0.2, 0) is 10.6 Å². The van der Waals surface area contributed by atoms with Crippen LogP contribution in [0.15, 0.2) is 40.9 Å². The van der Waals surface area contributed by atoms with Gasteiger partial charge in [-0.1, -0.05) is 35.5 Å². The molecule has 1 N–H and O–H groups in total. The van der Waals surface area contributed by atoms with Gasteiger partial charge in [-0.3, -0.25) is 0 Å². The van der Waals surface area contributed by atoms with Crippen LogP contribution in [0.3, 0.4) is 0 Å². The van der Waals surface area contributed by atoms with E-state index in [2.05, 4.69) is 22.7 Å². The predicted molar refractivity (Wildman–Crippen MR) is 107 cm³/mol. The summed E-state index contributed by atoms with van der Waals surface area (Å²) >= 11 is 3.37. The van der Waals surface area contributed by atoms with E-state index in [4.69, 9.17) is 14.9 Å². The van der Waals surface area contributed by atoms with E-state index in [0.717, 1.165) is 46.3 Å². The summed E-state index contributed by atoms with van der Waals surface area (Å²) in [5.41, 5.74) is 2.21. The number of carbonyl (C=O) groups is 1. The molecule has 0 saturated carbocycles. The van der Waals surface area contributed by atoms with Gasteiger partial charge < -0.3 is 14.8 Å². The number of carboxylic acid groups (broad SMARTS) is 1. The van der Waals surface area contributed by atoms with Gasteiger partial charge in [0.15, 0.2) is 6.10 Å². The molecule has 1 aromatic carbocycles. The van der Waals surface area contributed by atoms with E-state index >= 15 is 0 Å². The molecule has 2 aliphatic rings. The summed E-state index contributed by atoms with van der Waals surface area (Å²) in [6.07, 6.45) is 1.70. The minimum Gasteiger partial charge on any atom is -0.465 e. The highest BCUT2D eigenvalue weighted by molar-refractivity contribution is 8.13. The molecule has 2 aromatic rings. The summed E-state index contributed by atoms with van der Waals surface area (Å²) in [4.78, 5) is 22.8. The number of nitrogens with zero attached hydrogens (tertiary/aromatic N) is 3. The second-order valence-electron chi connectivity index (χ2n) is 6.70. The lowest BCUT2D eigenvalue weighted by Crippen LogP contribution is -2.36. The first-order valence-electron chi connectivity index (χ1n) is 9.01. The van der Waals surface area contributed by atoms with Gasteiger partial charge in [0, 0.05) is 36.6 Å². The Hall–Kier alpha value is -2.06.